The second-order valence-corrected chi connectivity index (χ2v) is 5.07. The van der Waals surface area contributed by atoms with Gasteiger partial charge in [0.2, 0.25) is 0 Å². The average Bonchev–Trinajstić information content (AvgIpc) is 2.82. The Balaban J connectivity index is 1.87. The van der Waals surface area contributed by atoms with E-state index in [0.717, 1.165) is 12.8 Å². The predicted molar refractivity (Wildman–Crippen MR) is 63.8 cm³/mol. The number of hydrogen-bond donors (Lipinski definition) is 2. The van der Waals surface area contributed by atoms with E-state index in [4.69, 9.17) is 9.84 Å². The third-order valence-electron chi connectivity index (χ3n) is 3.65. The van der Waals surface area contributed by atoms with Gasteiger partial charge in [0.15, 0.2) is 0 Å². The number of ether oxygens (including phenoxy) is 1. The molecule has 1 aliphatic carbocycles. The first kappa shape index (κ1) is 12.6. The number of amides is 2. The fourth-order valence-corrected chi connectivity index (χ4v) is 2.54. The molecule has 0 aromatic heterocycles. The number of aliphatic hydroxyl groups excluding tert-OH is 1. The van der Waals surface area contributed by atoms with E-state index in [1.54, 1.807) is 4.90 Å². The van der Waals surface area contributed by atoms with Gasteiger partial charge in [-0.25, -0.2) is 4.79 Å². The van der Waals surface area contributed by atoms with Crippen molar-refractivity contribution < 1.29 is 14.6 Å². The Kier molecular flexibility index (Phi) is 4.23. The molecule has 1 heterocycles. The third-order valence-corrected chi connectivity index (χ3v) is 3.65. The van der Waals surface area contributed by atoms with E-state index < -0.39 is 0 Å². The van der Waals surface area contributed by atoms with E-state index in [-0.39, 0.29) is 24.8 Å². The van der Waals surface area contributed by atoms with Crippen LogP contribution >= 0.6 is 0 Å². The van der Waals surface area contributed by atoms with Crippen LogP contribution in [0.4, 0.5) is 4.79 Å². The maximum atomic E-state index is 12.1. The normalized spacial score (nSPS) is 30.6. The molecule has 1 saturated heterocycles. The summed E-state index contributed by atoms with van der Waals surface area (Å²) in [6, 6.07) is 0.412. The van der Waals surface area contributed by atoms with Gasteiger partial charge in [-0.15, -0.1) is 0 Å². The maximum Gasteiger partial charge on any atom is 0.318 e. The monoisotopic (exact) mass is 242 g/mol. The van der Waals surface area contributed by atoms with Crippen LogP contribution in [0.15, 0.2) is 0 Å². The molecule has 0 spiro atoms. The molecule has 1 saturated carbocycles. The van der Waals surface area contributed by atoms with Crippen LogP contribution in [0.5, 0.6) is 0 Å². The first-order valence-corrected chi connectivity index (χ1v) is 6.50. The van der Waals surface area contributed by atoms with Crippen molar-refractivity contribution in [3.05, 3.63) is 0 Å². The minimum atomic E-state index is -0.236. The number of rotatable bonds is 2. The highest BCUT2D eigenvalue weighted by Crippen LogP contribution is 2.19. The Labute approximate surface area is 102 Å². The minimum Gasteiger partial charge on any atom is -0.394 e. The molecule has 2 amide bonds. The third kappa shape index (κ3) is 3.10. The van der Waals surface area contributed by atoms with Gasteiger partial charge < -0.3 is 20.1 Å². The van der Waals surface area contributed by atoms with Crippen LogP contribution in [0.25, 0.3) is 0 Å². The topological polar surface area (TPSA) is 61.8 Å². The van der Waals surface area contributed by atoms with Crippen LogP contribution in [0, 0.1) is 0 Å². The number of urea groups is 1. The Hall–Kier alpha value is -0.810. The van der Waals surface area contributed by atoms with Gasteiger partial charge in [0.1, 0.15) is 0 Å². The summed E-state index contributed by atoms with van der Waals surface area (Å²) in [6.07, 6.45) is 4.37. The largest absolute Gasteiger partial charge is 0.394 e. The lowest BCUT2D eigenvalue weighted by atomic mass is 10.2. The van der Waals surface area contributed by atoms with Crippen LogP contribution in [-0.4, -0.2) is 54.0 Å². The molecule has 5 nitrogen and oxygen atoms in total. The lowest BCUT2D eigenvalue weighted by molar-refractivity contribution is -0.0630. The van der Waals surface area contributed by atoms with Crippen molar-refractivity contribution in [2.45, 2.75) is 50.8 Å². The molecule has 98 valence electrons. The zero-order valence-corrected chi connectivity index (χ0v) is 10.4. The molecule has 0 bridgehead atoms. The molecule has 0 aromatic rings. The number of carbonyl (C=O) groups is 1. The zero-order valence-electron chi connectivity index (χ0n) is 10.4. The standard InChI is InChI=1S/C12H22N2O3/c1-9-8-17-11(7-15)6-14(9)12(16)13-10-4-2-3-5-10/h9-11,15H,2-8H2,1H3,(H,13,16). The van der Waals surface area contributed by atoms with Crippen LogP contribution < -0.4 is 5.32 Å². The fourth-order valence-electron chi connectivity index (χ4n) is 2.54. The summed E-state index contributed by atoms with van der Waals surface area (Å²) in [5.74, 6) is 0. The summed E-state index contributed by atoms with van der Waals surface area (Å²) in [7, 11) is 0. The molecule has 17 heavy (non-hydrogen) atoms. The second-order valence-electron chi connectivity index (χ2n) is 5.07. The van der Waals surface area contributed by atoms with Crippen LogP contribution in [-0.2, 0) is 4.74 Å². The van der Waals surface area contributed by atoms with Gasteiger partial charge in [-0.05, 0) is 19.8 Å². The molecular formula is C12H22N2O3. The van der Waals surface area contributed by atoms with Crippen molar-refractivity contribution in [3.8, 4) is 0 Å². The summed E-state index contributed by atoms with van der Waals surface area (Å²) in [4.78, 5) is 13.9. The molecule has 5 heteroatoms. The van der Waals surface area contributed by atoms with Crippen molar-refractivity contribution in [2.75, 3.05) is 19.8 Å². The summed E-state index contributed by atoms with van der Waals surface area (Å²) in [5, 5.41) is 12.2. The molecular weight excluding hydrogens is 220 g/mol. The summed E-state index contributed by atoms with van der Waals surface area (Å²) >= 11 is 0. The van der Waals surface area contributed by atoms with Gasteiger partial charge in [0.25, 0.3) is 0 Å². The van der Waals surface area contributed by atoms with Gasteiger partial charge in [-0.2, -0.15) is 0 Å². The number of hydrogen-bond acceptors (Lipinski definition) is 3. The Morgan fingerprint density at radius 3 is 2.82 bits per heavy atom. The Bertz CT molecular complexity index is 266. The van der Waals surface area contributed by atoms with Gasteiger partial charge in [0, 0.05) is 6.04 Å². The summed E-state index contributed by atoms with van der Waals surface area (Å²) in [6.45, 7) is 2.93. The number of aliphatic hydroxyl groups is 1. The molecule has 0 radical (unpaired) electrons. The molecule has 2 N–H and O–H groups in total. The molecule has 1 aliphatic heterocycles. The van der Waals surface area contributed by atoms with Gasteiger partial charge in [0.05, 0.1) is 31.9 Å². The SMILES string of the molecule is CC1COC(CO)CN1C(=O)NC1CCCC1. The first-order valence-electron chi connectivity index (χ1n) is 6.50. The Morgan fingerprint density at radius 2 is 2.18 bits per heavy atom. The van der Waals surface area contributed by atoms with E-state index in [9.17, 15) is 4.79 Å². The second kappa shape index (κ2) is 5.69. The molecule has 2 unspecified atom stereocenters. The van der Waals surface area contributed by atoms with Gasteiger partial charge in [-0.3, -0.25) is 0 Å². The number of nitrogens with one attached hydrogen (secondary N) is 1. The van der Waals surface area contributed by atoms with E-state index in [2.05, 4.69) is 5.32 Å². The van der Waals surface area contributed by atoms with Gasteiger partial charge >= 0.3 is 6.03 Å². The Morgan fingerprint density at radius 1 is 1.47 bits per heavy atom. The first-order chi connectivity index (χ1) is 8.20. The highest BCUT2D eigenvalue weighted by molar-refractivity contribution is 5.75. The average molecular weight is 242 g/mol. The zero-order chi connectivity index (χ0) is 12.3. The maximum absolute atomic E-state index is 12.1. The van der Waals surface area contributed by atoms with Crippen molar-refractivity contribution >= 4 is 6.03 Å². The lowest BCUT2D eigenvalue weighted by Crippen LogP contribution is -2.56. The predicted octanol–water partition coefficient (Wildman–Crippen LogP) is 0.720. The van der Waals surface area contributed by atoms with Crippen molar-refractivity contribution in [3.63, 3.8) is 0 Å². The van der Waals surface area contributed by atoms with Crippen LogP contribution in [0.3, 0.4) is 0 Å². The van der Waals surface area contributed by atoms with Crippen molar-refractivity contribution in [1.29, 1.82) is 0 Å². The van der Waals surface area contributed by atoms with E-state index in [0.29, 0.717) is 19.2 Å². The highest BCUT2D eigenvalue weighted by Gasteiger charge is 2.30. The molecule has 2 atom stereocenters. The van der Waals surface area contributed by atoms with E-state index in [1.807, 2.05) is 6.92 Å². The fraction of sp³-hybridized carbons (Fsp3) is 0.917. The number of nitrogens with zero attached hydrogens (tertiary/aromatic N) is 1. The molecule has 0 aromatic carbocycles. The quantitative estimate of drug-likeness (QED) is 0.750. The highest BCUT2D eigenvalue weighted by atomic mass is 16.5. The van der Waals surface area contributed by atoms with Crippen LogP contribution in [0.2, 0.25) is 0 Å². The van der Waals surface area contributed by atoms with Crippen molar-refractivity contribution in [1.82, 2.24) is 10.2 Å². The van der Waals surface area contributed by atoms with E-state index >= 15 is 0 Å². The van der Waals surface area contributed by atoms with E-state index in [1.165, 1.54) is 12.8 Å². The van der Waals surface area contributed by atoms with Crippen LogP contribution in [0.1, 0.15) is 32.6 Å². The van der Waals surface area contributed by atoms with Gasteiger partial charge in [-0.1, -0.05) is 12.8 Å². The van der Waals surface area contributed by atoms with Crippen molar-refractivity contribution in [2.24, 2.45) is 0 Å². The number of morpholine rings is 1. The lowest BCUT2D eigenvalue weighted by Gasteiger charge is -2.37. The number of carbonyl (C=O) groups excluding carboxylic acids is 1. The summed E-state index contributed by atoms with van der Waals surface area (Å²) in [5.41, 5.74) is 0. The molecule has 2 fully saturated rings. The molecule has 2 rings (SSSR count). The minimum absolute atomic E-state index is 0.00819. The molecule has 2 aliphatic rings. The smallest absolute Gasteiger partial charge is 0.318 e. The summed E-state index contributed by atoms with van der Waals surface area (Å²) < 4.78 is 5.42.